The highest BCUT2D eigenvalue weighted by Crippen LogP contribution is 2.15. The summed E-state index contributed by atoms with van der Waals surface area (Å²) in [6.07, 6.45) is 2.65. The predicted octanol–water partition coefficient (Wildman–Crippen LogP) is 1.63. The van der Waals surface area contributed by atoms with Crippen LogP contribution in [0.5, 0.6) is 0 Å². The first-order valence-electron chi connectivity index (χ1n) is 2.92. The molecule has 0 aliphatic carbocycles. The number of hydrogen-bond donors (Lipinski definition) is 0. The van der Waals surface area contributed by atoms with Gasteiger partial charge in [0.2, 0.25) is 0 Å². The Morgan fingerprint density at radius 3 is 3.18 bits per heavy atom. The molecule has 56 valence electrons. The monoisotopic (exact) mass is 215 g/mol. The fourth-order valence-corrected chi connectivity index (χ4v) is 1.36. The van der Waals surface area contributed by atoms with Crippen LogP contribution in [0.4, 0.5) is 4.39 Å². The van der Waals surface area contributed by atoms with Crippen molar-refractivity contribution in [2.45, 2.75) is 0 Å². The first kappa shape index (κ1) is 6.72. The Balaban J connectivity index is 2.91. The zero-order valence-electron chi connectivity index (χ0n) is 5.33. The van der Waals surface area contributed by atoms with Crippen molar-refractivity contribution in [3.63, 3.8) is 0 Å². The molecular formula is C6H3BrFN3. The Hall–Kier alpha value is -0.970. The summed E-state index contributed by atoms with van der Waals surface area (Å²) in [6, 6.07) is 1.35. The molecule has 2 aromatic heterocycles. The van der Waals surface area contributed by atoms with Crippen molar-refractivity contribution < 1.29 is 4.39 Å². The third-order valence-corrected chi connectivity index (χ3v) is 1.88. The lowest BCUT2D eigenvalue weighted by atomic mass is 10.5. The molecule has 0 atom stereocenters. The highest BCUT2D eigenvalue weighted by Gasteiger charge is 2.02. The van der Waals surface area contributed by atoms with Crippen LogP contribution in [-0.2, 0) is 0 Å². The van der Waals surface area contributed by atoms with E-state index in [4.69, 9.17) is 0 Å². The molecule has 0 bridgehead atoms. The molecule has 3 nitrogen and oxygen atoms in total. The highest BCUT2D eigenvalue weighted by molar-refractivity contribution is 9.10. The van der Waals surface area contributed by atoms with Crippen LogP contribution in [0, 0.1) is 5.82 Å². The van der Waals surface area contributed by atoms with Gasteiger partial charge in [-0.3, -0.25) is 0 Å². The fraction of sp³-hybridized carbons (Fsp3) is 0. The van der Waals surface area contributed by atoms with E-state index < -0.39 is 0 Å². The minimum atomic E-state index is -0.338. The third-order valence-electron chi connectivity index (χ3n) is 1.30. The molecule has 0 radical (unpaired) electrons. The SMILES string of the molecule is Fc1cc(Br)c2ncnn2c1. The van der Waals surface area contributed by atoms with E-state index in [0.717, 1.165) is 0 Å². The van der Waals surface area contributed by atoms with Crippen LogP contribution in [0.2, 0.25) is 0 Å². The van der Waals surface area contributed by atoms with Crippen LogP contribution < -0.4 is 0 Å². The Morgan fingerprint density at radius 1 is 1.55 bits per heavy atom. The lowest BCUT2D eigenvalue weighted by molar-refractivity contribution is 0.613. The number of hydrogen-bond acceptors (Lipinski definition) is 2. The molecule has 2 heterocycles. The van der Waals surface area contributed by atoms with Crippen LogP contribution in [0.3, 0.4) is 0 Å². The van der Waals surface area contributed by atoms with Gasteiger partial charge in [-0.2, -0.15) is 5.10 Å². The van der Waals surface area contributed by atoms with Crippen molar-refractivity contribution in [3.8, 4) is 0 Å². The summed E-state index contributed by atoms with van der Waals surface area (Å²) in [6.45, 7) is 0. The van der Waals surface area contributed by atoms with Crippen molar-refractivity contribution in [1.82, 2.24) is 14.6 Å². The summed E-state index contributed by atoms with van der Waals surface area (Å²) in [5.74, 6) is -0.338. The van der Waals surface area contributed by atoms with E-state index in [-0.39, 0.29) is 5.82 Å². The summed E-state index contributed by atoms with van der Waals surface area (Å²) in [4.78, 5) is 3.90. The molecule has 0 aromatic carbocycles. The van der Waals surface area contributed by atoms with Crippen LogP contribution in [0.1, 0.15) is 0 Å². The minimum Gasteiger partial charge on any atom is -0.217 e. The maximum atomic E-state index is 12.7. The molecule has 0 aliphatic rings. The smallest absolute Gasteiger partial charge is 0.169 e. The maximum Gasteiger partial charge on any atom is 0.169 e. The lowest BCUT2D eigenvalue weighted by Crippen LogP contribution is -1.89. The molecule has 2 rings (SSSR count). The van der Waals surface area contributed by atoms with Gasteiger partial charge in [0, 0.05) is 0 Å². The molecule has 2 aromatic rings. The molecule has 0 unspecified atom stereocenters. The zero-order chi connectivity index (χ0) is 7.84. The normalized spacial score (nSPS) is 10.7. The van der Waals surface area contributed by atoms with Crippen molar-refractivity contribution >= 4 is 21.6 Å². The molecule has 5 heteroatoms. The van der Waals surface area contributed by atoms with E-state index in [1.54, 1.807) is 0 Å². The Bertz CT molecular complexity index is 398. The Kier molecular flexibility index (Phi) is 1.38. The Morgan fingerprint density at radius 2 is 2.36 bits per heavy atom. The molecule has 0 aliphatic heterocycles. The van der Waals surface area contributed by atoms with Crippen LogP contribution in [0.15, 0.2) is 23.1 Å². The second-order valence-corrected chi connectivity index (χ2v) is 2.89. The van der Waals surface area contributed by atoms with Gasteiger partial charge in [-0.25, -0.2) is 13.9 Å². The highest BCUT2D eigenvalue weighted by atomic mass is 79.9. The van der Waals surface area contributed by atoms with Gasteiger partial charge in [0.1, 0.15) is 12.1 Å². The average Bonchev–Trinajstić information content (AvgIpc) is 2.34. The number of fused-ring (bicyclic) bond motifs is 1. The molecule has 11 heavy (non-hydrogen) atoms. The van der Waals surface area contributed by atoms with Gasteiger partial charge < -0.3 is 0 Å². The number of pyridine rings is 1. The summed E-state index contributed by atoms with van der Waals surface area (Å²) >= 11 is 3.16. The van der Waals surface area contributed by atoms with E-state index in [2.05, 4.69) is 26.0 Å². The van der Waals surface area contributed by atoms with Crippen molar-refractivity contribution in [1.29, 1.82) is 0 Å². The molecule has 0 amide bonds. The number of rotatable bonds is 0. The van der Waals surface area contributed by atoms with E-state index in [0.29, 0.717) is 10.1 Å². The van der Waals surface area contributed by atoms with Crippen molar-refractivity contribution in [2.24, 2.45) is 0 Å². The zero-order valence-corrected chi connectivity index (χ0v) is 6.92. The molecule has 0 spiro atoms. The molecule has 0 N–H and O–H groups in total. The summed E-state index contributed by atoms with van der Waals surface area (Å²) < 4.78 is 14.6. The van der Waals surface area contributed by atoms with Gasteiger partial charge in [-0.05, 0) is 22.0 Å². The summed E-state index contributed by atoms with van der Waals surface area (Å²) in [5, 5.41) is 3.78. The number of aromatic nitrogens is 3. The number of nitrogens with zero attached hydrogens (tertiary/aromatic N) is 3. The first-order valence-corrected chi connectivity index (χ1v) is 3.71. The van der Waals surface area contributed by atoms with Gasteiger partial charge in [-0.15, -0.1) is 0 Å². The molecule has 0 fully saturated rings. The maximum absolute atomic E-state index is 12.7. The van der Waals surface area contributed by atoms with Gasteiger partial charge in [0.25, 0.3) is 0 Å². The van der Waals surface area contributed by atoms with E-state index >= 15 is 0 Å². The van der Waals surface area contributed by atoms with E-state index in [9.17, 15) is 4.39 Å². The molecular weight excluding hydrogens is 213 g/mol. The van der Waals surface area contributed by atoms with Crippen LogP contribution in [0.25, 0.3) is 5.65 Å². The quantitative estimate of drug-likeness (QED) is 0.669. The molecule has 0 saturated heterocycles. The largest absolute Gasteiger partial charge is 0.217 e. The minimum absolute atomic E-state index is 0.338. The van der Waals surface area contributed by atoms with Gasteiger partial charge in [0.05, 0.1) is 10.7 Å². The number of halogens is 2. The van der Waals surface area contributed by atoms with Crippen LogP contribution >= 0.6 is 15.9 Å². The standard InChI is InChI=1S/C6H3BrFN3/c7-5-1-4(8)2-11-6(5)9-3-10-11/h1-3H. The van der Waals surface area contributed by atoms with Crippen molar-refractivity contribution in [2.75, 3.05) is 0 Å². The van der Waals surface area contributed by atoms with Gasteiger partial charge in [0.15, 0.2) is 5.65 Å². The van der Waals surface area contributed by atoms with Crippen LogP contribution in [-0.4, -0.2) is 14.6 Å². The third kappa shape index (κ3) is 1.01. The lowest BCUT2D eigenvalue weighted by Gasteiger charge is -1.93. The summed E-state index contributed by atoms with van der Waals surface area (Å²) in [7, 11) is 0. The van der Waals surface area contributed by atoms with Gasteiger partial charge in [-0.1, -0.05) is 0 Å². The van der Waals surface area contributed by atoms with E-state index in [1.165, 1.54) is 23.1 Å². The van der Waals surface area contributed by atoms with Crippen molar-refractivity contribution in [3.05, 3.63) is 28.9 Å². The topological polar surface area (TPSA) is 30.2 Å². The first-order chi connectivity index (χ1) is 5.27. The average molecular weight is 216 g/mol. The predicted molar refractivity (Wildman–Crippen MR) is 40.6 cm³/mol. The Labute approximate surface area is 70.0 Å². The summed E-state index contributed by atoms with van der Waals surface area (Å²) in [5.41, 5.74) is 0.617. The second kappa shape index (κ2) is 2.27. The second-order valence-electron chi connectivity index (χ2n) is 2.03. The fourth-order valence-electron chi connectivity index (χ4n) is 0.855. The van der Waals surface area contributed by atoms with Gasteiger partial charge >= 0.3 is 0 Å². The molecule has 0 saturated carbocycles. The van der Waals surface area contributed by atoms with E-state index in [1.807, 2.05) is 0 Å².